The molecule has 7 heteroatoms. The Morgan fingerprint density at radius 3 is 2.70 bits per heavy atom. The molecule has 1 unspecified atom stereocenters. The molecule has 1 heterocycles. The van der Waals surface area contributed by atoms with E-state index in [-0.39, 0.29) is 6.10 Å². The highest BCUT2D eigenvalue weighted by Crippen LogP contribution is 2.35. The van der Waals surface area contributed by atoms with Gasteiger partial charge in [0.1, 0.15) is 4.99 Å². The van der Waals surface area contributed by atoms with Gasteiger partial charge in [0.25, 0.3) is 0 Å². The summed E-state index contributed by atoms with van der Waals surface area (Å²) in [5.41, 5.74) is 1.32. The van der Waals surface area contributed by atoms with Crippen molar-refractivity contribution in [2.75, 3.05) is 16.8 Å². The van der Waals surface area contributed by atoms with Crippen molar-refractivity contribution < 1.29 is 9.84 Å². The molecule has 0 amide bonds. The van der Waals surface area contributed by atoms with E-state index in [0.717, 1.165) is 22.1 Å². The van der Waals surface area contributed by atoms with Crippen molar-refractivity contribution in [3.63, 3.8) is 0 Å². The number of nitrogens with one attached hydrogen (secondary N) is 1. The summed E-state index contributed by atoms with van der Waals surface area (Å²) in [6, 6.07) is 5.35. The van der Waals surface area contributed by atoms with Crippen LogP contribution >= 0.6 is 47.3 Å². The number of thiocarbonyl (C=S) groups is 1. The van der Waals surface area contributed by atoms with E-state index >= 15 is 0 Å². The molecule has 0 spiro atoms. The minimum absolute atomic E-state index is 0.0952. The van der Waals surface area contributed by atoms with Gasteiger partial charge in [-0.15, -0.1) is 23.5 Å². The number of aliphatic hydroxyl groups is 1. The Kier molecular flexibility index (Phi) is 7.25. The average molecular weight is 390 g/mol. The van der Waals surface area contributed by atoms with Crippen LogP contribution in [0.15, 0.2) is 28.0 Å². The van der Waals surface area contributed by atoms with E-state index in [9.17, 15) is 5.11 Å². The van der Waals surface area contributed by atoms with Gasteiger partial charge in [0.2, 0.25) is 0 Å². The maximum Gasteiger partial charge on any atom is 0.182 e. The van der Waals surface area contributed by atoms with Crippen molar-refractivity contribution in [2.24, 2.45) is 0 Å². The number of thioether (sulfide) groups is 2. The zero-order valence-corrected chi connectivity index (χ0v) is 16.5. The molecule has 126 valence electrons. The minimum Gasteiger partial charge on any atom is -0.364 e. The van der Waals surface area contributed by atoms with Crippen molar-refractivity contribution in [1.82, 2.24) is 0 Å². The number of hydrogen-bond donors (Lipinski definition) is 2. The van der Waals surface area contributed by atoms with E-state index in [1.54, 1.807) is 23.9 Å². The highest BCUT2D eigenvalue weighted by atomic mass is 35.5. The van der Waals surface area contributed by atoms with E-state index in [2.05, 4.69) is 12.2 Å². The summed E-state index contributed by atoms with van der Waals surface area (Å²) in [6.07, 6.45) is -1.15. The zero-order chi connectivity index (χ0) is 17.0. The third kappa shape index (κ3) is 5.37. The van der Waals surface area contributed by atoms with Crippen LogP contribution in [0.2, 0.25) is 5.02 Å². The molecule has 2 rings (SSSR count). The summed E-state index contributed by atoms with van der Waals surface area (Å²) in [5, 5.41) is 13.8. The van der Waals surface area contributed by atoms with E-state index in [1.807, 2.05) is 31.7 Å². The smallest absolute Gasteiger partial charge is 0.182 e. The first-order chi connectivity index (χ1) is 10.9. The normalized spacial score (nSPS) is 16.6. The molecule has 3 nitrogen and oxygen atoms in total. The first-order valence-corrected chi connectivity index (χ1v) is 10.0. The van der Waals surface area contributed by atoms with Crippen LogP contribution in [0.1, 0.15) is 32.6 Å². The van der Waals surface area contributed by atoms with Crippen LogP contribution in [-0.2, 0) is 4.74 Å². The molecule has 1 atom stereocenters. The lowest BCUT2D eigenvalue weighted by Crippen LogP contribution is -2.15. The van der Waals surface area contributed by atoms with Gasteiger partial charge in [-0.2, -0.15) is 0 Å². The fourth-order valence-corrected chi connectivity index (χ4v) is 4.93. The molecule has 0 bridgehead atoms. The van der Waals surface area contributed by atoms with E-state index in [1.165, 1.54) is 4.91 Å². The number of allylic oxidation sites excluding steroid dienone is 1. The third-order valence-electron chi connectivity index (χ3n) is 3.10. The van der Waals surface area contributed by atoms with Crippen LogP contribution in [-0.4, -0.2) is 27.7 Å². The fourth-order valence-electron chi connectivity index (χ4n) is 2.06. The Morgan fingerprint density at radius 1 is 1.35 bits per heavy atom. The summed E-state index contributed by atoms with van der Waals surface area (Å²) in [6.45, 7) is 5.82. The second-order valence-electron chi connectivity index (χ2n) is 5.31. The molecule has 0 fully saturated rings. The predicted molar refractivity (Wildman–Crippen MR) is 106 cm³/mol. The first kappa shape index (κ1) is 19.1. The zero-order valence-electron chi connectivity index (χ0n) is 13.3. The van der Waals surface area contributed by atoms with Gasteiger partial charge in [0.05, 0.1) is 11.0 Å². The standard InChI is InChI=1S/C16H20ClNO2S3/c1-9(2)20-16(19)12-8-11(4-5-13(12)17)18-15(21)14-10(3)22-6-7-23-14/h4-5,8-9,16,19H,6-7H2,1-3H3,(H,18,21). The lowest BCUT2D eigenvalue weighted by Gasteiger charge is -2.20. The van der Waals surface area contributed by atoms with E-state index in [4.69, 9.17) is 28.6 Å². The van der Waals surface area contributed by atoms with Gasteiger partial charge in [-0.3, -0.25) is 0 Å². The number of anilines is 1. The highest BCUT2D eigenvalue weighted by molar-refractivity contribution is 8.11. The Morgan fingerprint density at radius 2 is 2.04 bits per heavy atom. The molecule has 0 aromatic heterocycles. The molecule has 0 saturated carbocycles. The summed E-state index contributed by atoms with van der Waals surface area (Å²) < 4.78 is 5.40. The second-order valence-corrected chi connectivity index (χ2v) is 8.54. The van der Waals surface area contributed by atoms with Gasteiger partial charge < -0.3 is 15.2 Å². The van der Waals surface area contributed by atoms with Crippen molar-refractivity contribution in [2.45, 2.75) is 33.2 Å². The van der Waals surface area contributed by atoms with Crippen LogP contribution in [0.4, 0.5) is 5.69 Å². The van der Waals surface area contributed by atoms with Gasteiger partial charge in [0, 0.05) is 27.8 Å². The molecule has 0 saturated heterocycles. The van der Waals surface area contributed by atoms with Gasteiger partial charge in [-0.05, 0) is 43.9 Å². The Labute approximate surface area is 156 Å². The van der Waals surface area contributed by atoms with Crippen LogP contribution in [0, 0.1) is 0 Å². The van der Waals surface area contributed by atoms with Crippen LogP contribution in [0.3, 0.4) is 0 Å². The number of benzene rings is 1. The lowest BCUT2D eigenvalue weighted by atomic mass is 10.2. The fraction of sp³-hybridized carbons (Fsp3) is 0.438. The lowest BCUT2D eigenvalue weighted by molar-refractivity contribution is -0.128. The van der Waals surface area contributed by atoms with Crippen molar-refractivity contribution in [3.8, 4) is 0 Å². The first-order valence-electron chi connectivity index (χ1n) is 7.29. The molecule has 1 aliphatic heterocycles. The van der Waals surface area contributed by atoms with Crippen molar-refractivity contribution >= 4 is 58.0 Å². The van der Waals surface area contributed by atoms with Gasteiger partial charge in [-0.1, -0.05) is 23.8 Å². The van der Waals surface area contributed by atoms with E-state index in [0.29, 0.717) is 15.6 Å². The van der Waals surface area contributed by atoms with Crippen molar-refractivity contribution in [1.29, 1.82) is 0 Å². The maximum atomic E-state index is 10.1. The maximum absolute atomic E-state index is 10.1. The molecule has 1 aromatic rings. The summed E-state index contributed by atoms with van der Waals surface area (Å²) in [4.78, 5) is 3.06. The van der Waals surface area contributed by atoms with Crippen LogP contribution in [0.25, 0.3) is 0 Å². The van der Waals surface area contributed by atoms with Gasteiger partial charge in [-0.25, -0.2) is 0 Å². The molecular weight excluding hydrogens is 370 g/mol. The predicted octanol–water partition coefficient (Wildman–Crippen LogP) is 5.21. The quantitative estimate of drug-likeness (QED) is 0.532. The molecule has 23 heavy (non-hydrogen) atoms. The Hall–Kier alpha value is -0.240. The van der Waals surface area contributed by atoms with Crippen molar-refractivity contribution in [3.05, 3.63) is 38.6 Å². The molecule has 0 radical (unpaired) electrons. The number of halogens is 1. The third-order valence-corrected chi connectivity index (χ3v) is 6.52. The average Bonchev–Trinajstić information content (AvgIpc) is 2.48. The number of hydrogen-bond acceptors (Lipinski definition) is 5. The summed E-state index contributed by atoms with van der Waals surface area (Å²) >= 11 is 15.3. The molecule has 1 aliphatic rings. The summed E-state index contributed by atoms with van der Waals surface area (Å²) in [5.74, 6) is 2.18. The second kappa shape index (κ2) is 8.74. The van der Waals surface area contributed by atoms with Gasteiger partial charge >= 0.3 is 0 Å². The Balaban J connectivity index is 2.16. The number of ether oxygens (including phenoxy) is 1. The Bertz CT molecular complexity index is 619. The minimum atomic E-state index is -1.06. The largest absolute Gasteiger partial charge is 0.364 e. The topological polar surface area (TPSA) is 41.5 Å². The highest BCUT2D eigenvalue weighted by Gasteiger charge is 2.17. The molecular formula is C16H20ClNO2S3. The molecule has 1 aromatic carbocycles. The number of rotatable bonds is 5. The summed E-state index contributed by atoms with van der Waals surface area (Å²) in [7, 11) is 0. The SMILES string of the molecule is CC1=C(C(=S)Nc2ccc(Cl)c(C(O)OC(C)C)c2)SCCS1. The van der Waals surface area contributed by atoms with Crippen LogP contribution < -0.4 is 5.32 Å². The monoisotopic (exact) mass is 389 g/mol. The van der Waals surface area contributed by atoms with Crippen LogP contribution in [0.5, 0.6) is 0 Å². The number of aliphatic hydroxyl groups excluding tert-OH is 1. The van der Waals surface area contributed by atoms with E-state index < -0.39 is 6.29 Å². The molecule has 2 N–H and O–H groups in total. The van der Waals surface area contributed by atoms with Gasteiger partial charge in [0.15, 0.2) is 6.29 Å². The molecule has 0 aliphatic carbocycles.